The van der Waals surface area contributed by atoms with Gasteiger partial charge in [0.2, 0.25) is 5.89 Å². The second-order valence-electron chi connectivity index (χ2n) is 6.56. The van der Waals surface area contributed by atoms with Crippen molar-refractivity contribution in [2.24, 2.45) is 0 Å². The topological polar surface area (TPSA) is 55.1 Å². The molecule has 4 nitrogen and oxygen atoms in total. The normalized spacial score (nSPS) is 15.8. The number of rotatable bonds is 3. The van der Waals surface area contributed by atoms with Gasteiger partial charge in [-0.2, -0.15) is 0 Å². The standard InChI is InChI=1S/C21H20N2O2/c1-13-8-10-17-16(12-13)9-11-18(17)22-20(24)19-14(2)25-21(23-19)15-6-4-3-5-7-15/h3-8,10,12,18H,9,11H2,1-2H3,(H,22,24). The average Bonchev–Trinajstić information content (AvgIpc) is 3.19. The largest absolute Gasteiger partial charge is 0.441 e. The predicted octanol–water partition coefficient (Wildman–Crippen LogP) is 4.38. The number of hydrogen-bond acceptors (Lipinski definition) is 3. The highest BCUT2D eigenvalue weighted by atomic mass is 16.4. The highest BCUT2D eigenvalue weighted by Gasteiger charge is 2.26. The molecule has 1 N–H and O–H groups in total. The van der Waals surface area contributed by atoms with Crippen LogP contribution >= 0.6 is 0 Å². The number of amides is 1. The number of aromatic nitrogens is 1. The number of carbonyl (C=O) groups is 1. The van der Waals surface area contributed by atoms with E-state index in [1.807, 2.05) is 30.3 Å². The van der Waals surface area contributed by atoms with Crippen molar-refractivity contribution in [1.82, 2.24) is 10.3 Å². The van der Waals surface area contributed by atoms with Gasteiger partial charge < -0.3 is 9.73 Å². The van der Waals surface area contributed by atoms with Gasteiger partial charge in [0.05, 0.1) is 6.04 Å². The molecule has 0 aliphatic heterocycles. The molecule has 1 unspecified atom stereocenters. The molecule has 0 saturated carbocycles. The molecule has 1 heterocycles. The molecule has 2 aromatic carbocycles. The maximum atomic E-state index is 12.7. The quantitative estimate of drug-likeness (QED) is 0.774. The van der Waals surface area contributed by atoms with Crippen molar-refractivity contribution in [2.75, 3.05) is 0 Å². The summed E-state index contributed by atoms with van der Waals surface area (Å²) in [5.41, 5.74) is 5.02. The first-order valence-electron chi connectivity index (χ1n) is 8.55. The SMILES string of the molecule is Cc1ccc2c(c1)CCC2NC(=O)c1nc(-c2ccccc2)oc1C. The Balaban J connectivity index is 1.56. The average molecular weight is 332 g/mol. The Bertz CT molecular complexity index is 928. The number of hydrogen-bond donors (Lipinski definition) is 1. The fourth-order valence-corrected chi connectivity index (χ4v) is 3.43. The van der Waals surface area contributed by atoms with Gasteiger partial charge in [-0.1, -0.05) is 42.0 Å². The van der Waals surface area contributed by atoms with E-state index in [0.29, 0.717) is 17.3 Å². The van der Waals surface area contributed by atoms with Gasteiger partial charge in [0, 0.05) is 5.56 Å². The van der Waals surface area contributed by atoms with E-state index in [0.717, 1.165) is 18.4 Å². The molecule has 1 aliphatic carbocycles. The van der Waals surface area contributed by atoms with Crippen LogP contribution in [-0.2, 0) is 6.42 Å². The fourth-order valence-electron chi connectivity index (χ4n) is 3.43. The Morgan fingerprint density at radius 2 is 1.96 bits per heavy atom. The summed E-state index contributed by atoms with van der Waals surface area (Å²) in [5, 5.41) is 3.12. The monoisotopic (exact) mass is 332 g/mol. The molecule has 1 aliphatic rings. The first-order valence-corrected chi connectivity index (χ1v) is 8.55. The van der Waals surface area contributed by atoms with Crippen LogP contribution in [0.5, 0.6) is 0 Å². The predicted molar refractivity (Wildman–Crippen MR) is 96.4 cm³/mol. The van der Waals surface area contributed by atoms with Crippen LogP contribution in [0.2, 0.25) is 0 Å². The molecular weight excluding hydrogens is 312 g/mol. The third-order valence-corrected chi connectivity index (χ3v) is 4.71. The van der Waals surface area contributed by atoms with Gasteiger partial charge in [-0.3, -0.25) is 4.79 Å². The molecule has 4 heteroatoms. The zero-order valence-corrected chi connectivity index (χ0v) is 14.4. The van der Waals surface area contributed by atoms with Crippen LogP contribution in [0.25, 0.3) is 11.5 Å². The zero-order valence-electron chi connectivity index (χ0n) is 14.4. The summed E-state index contributed by atoms with van der Waals surface area (Å²) in [6, 6.07) is 16.1. The van der Waals surface area contributed by atoms with Gasteiger partial charge in [0.15, 0.2) is 5.69 Å². The minimum atomic E-state index is -0.179. The second kappa shape index (κ2) is 6.20. The lowest BCUT2D eigenvalue weighted by Gasteiger charge is -2.13. The smallest absolute Gasteiger partial charge is 0.274 e. The van der Waals surface area contributed by atoms with Gasteiger partial charge in [0.1, 0.15) is 5.76 Å². The van der Waals surface area contributed by atoms with Gasteiger partial charge in [-0.25, -0.2) is 4.98 Å². The van der Waals surface area contributed by atoms with Crippen LogP contribution in [0.3, 0.4) is 0 Å². The van der Waals surface area contributed by atoms with Gasteiger partial charge in [-0.05, 0) is 49.9 Å². The Kier molecular flexibility index (Phi) is 3.88. The molecule has 1 aromatic heterocycles. The first kappa shape index (κ1) is 15.6. The van der Waals surface area contributed by atoms with E-state index in [9.17, 15) is 4.79 Å². The highest BCUT2D eigenvalue weighted by molar-refractivity contribution is 5.94. The van der Waals surface area contributed by atoms with E-state index in [2.05, 4.69) is 35.4 Å². The molecule has 0 saturated heterocycles. The summed E-state index contributed by atoms with van der Waals surface area (Å²) in [5.74, 6) is 0.839. The number of fused-ring (bicyclic) bond motifs is 1. The summed E-state index contributed by atoms with van der Waals surface area (Å²) in [4.78, 5) is 17.1. The van der Waals surface area contributed by atoms with E-state index in [4.69, 9.17) is 4.42 Å². The van der Waals surface area contributed by atoms with E-state index in [1.54, 1.807) is 6.92 Å². The van der Waals surface area contributed by atoms with Crippen molar-refractivity contribution in [3.63, 3.8) is 0 Å². The molecule has 0 fully saturated rings. The number of aryl methyl sites for hydroxylation is 3. The lowest BCUT2D eigenvalue weighted by atomic mass is 10.1. The van der Waals surface area contributed by atoms with Crippen LogP contribution in [-0.4, -0.2) is 10.9 Å². The molecule has 0 bridgehead atoms. The summed E-state index contributed by atoms with van der Waals surface area (Å²) in [6.07, 6.45) is 1.92. The Labute approximate surface area is 146 Å². The Hall–Kier alpha value is -2.88. The molecule has 0 radical (unpaired) electrons. The van der Waals surface area contributed by atoms with Crippen LogP contribution < -0.4 is 5.32 Å². The number of nitrogens with one attached hydrogen (secondary N) is 1. The molecule has 126 valence electrons. The lowest BCUT2D eigenvalue weighted by Crippen LogP contribution is -2.28. The van der Waals surface area contributed by atoms with E-state index < -0.39 is 0 Å². The molecule has 1 amide bonds. The fraction of sp³-hybridized carbons (Fsp3) is 0.238. The Morgan fingerprint density at radius 3 is 2.76 bits per heavy atom. The molecule has 25 heavy (non-hydrogen) atoms. The lowest BCUT2D eigenvalue weighted by molar-refractivity contribution is 0.0931. The van der Waals surface area contributed by atoms with Crippen LogP contribution in [0, 0.1) is 13.8 Å². The summed E-state index contributed by atoms with van der Waals surface area (Å²) < 4.78 is 5.70. The third kappa shape index (κ3) is 2.95. The van der Waals surface area contributed by atoms with Gasteiger partial charge in [0.25, 0.3) is 5.91 Å². The van der Waals surface area contributed by atoms with Crippen LogP contribution in [0.4, 0.5) is 0 Å². The van der Waals surface area contributed by atoms with Crippen molar-refractivity contribution in [3.05, 3.63) is 76.7 Å². The summed E-state index contributed by atoms with van der Waals surface area (Å²) in [7, 11) is 0. The van der Waals surface area contributed by atoms with Crippen LogP contribution in [0.15, 0.2) is 52.9 Å². The van der Waals surface area contributed by atoms with Gasteiger partial charge in [-0.15, -0.1) is 0 Å². The number of carbonyl (C=O) groups excluding carboxylic acids is 1. The second-order valence-corrected chi connectivity index (χ2v) is 6.56. The maximum absolute atomic E-state index is 12.7. The van der Waals surface area contributed by atoms with Crippen molar-refractivity contribution in [1.29, 1.82) is 0 Å². The van der Waals surface area contributed by atoms with Crippen molar-refractivity contribution in [2.45, 2.75) is 32.7 Å². The summed E-state index contributed by atoms with van der Waals surface area (Å²) in [6.45, 7) is 3.87. The third-order valence-electron chi connectivity index (χ3n) is 4.71. The maximum Gasteiger partial charge on any atom is 0.274 e. The van der Waals surface area contributed by atoms with Crippen molar-refractivity contribution >= 4 is 5.91 Å². The van der Waals surface area contributed by atoms with Gasteiger partial charge >= 0.3 is 0 Å². The van der Waals surface area contributed by atoms with Crippen molar-refractivity contribution in [3.8, 4) is 11.5 Å². The molecular formula is C21H20N2O2. The molecule has 3 aromatic rings. The Morgan fingerprint density at radius 1 is 1.16 bits per heavy atom. The number of benzene rings is 2. The number of oxazole rings is 1. The first-order chi connectivity index (χ1) is 12.1. The van der Waals surface area contributed by atoms with E-state index in [1.165, 1.54) is 16.7 Å². The zero-order chi connectivity index (χ0) is 17.4. The highest BCUT2D eigenvalue weighted by Crippen LogP contribution is 2.32. The molecule has 1 atom stereocenters. The molecule has 4 rings (SSSR count). The van der Waals surface area contributed by atoms with Crippen LogP contribution in [0.1, 0.15) is 45.4 Å². The number of nitrogens with zero attached hydrogens (tertiary/aromatic N) is 1. The minimum Gasteiger partial charge on any atom is -0.441 e. The van der Waals surface area contributed by atoms with E-state index >= 15 is 0 Å². The summed E-state index contributed by atoms with van der Waals surface area (Å²) >= 11 is 0. The molecule has 0 spiro atoms. The minimum absolute atomic E-state index is 0.0411. The van der Waals surface area contributed by atoms with Crippen molar-refractivity contribution < 1.29 is 9.21 Å². The van der Waals surface area contributed by atoms with E-state index in [-0.39, 0.29) is 11.9 Å².